The summed E-state index contributed by atoms with van der Waals surface area (Å²) >= 11 is 0. The first-order chi connectivity index (χ1) is 11.9. The first kappa shape index (κ1) is 19.0. The van der Waals surface area contributed by atoms with E-state index >= 15 is 0 Å². The van der Waals surface area contributed by atoms with Gasteiger partial charge in [0.2, 0.25) is 5.91 Å². The summed E-state index contributed by atoms with van der Waals surface area (Å²) in [4.78, 5) is 12.1. The van der Waals surface area contributed by atoms with Gasteiger partial charge in [-0.25, -0.2) is 0 Å². The maximum absolute atomic E-state index is 12.1. The Bertz CT molecular complexity index is 687. The smallest absolute Gasteiger partial charge is 0.224 e. The number of aliphatic hydroxyl groups excluding tert-OH is 1. The Morgan fingerprint density at radius 3 is 2.48 bits per heavy atom. The molecule has 0 spiro atoms. The standard InChI is InChI=1S/C21H27NO3/c1-21(2,3)17-10-7-16(8-11-17)9-12-20(24)22-18-5-4-6-19(15-18)25-14-13-23/h4-8,10-11,15,23H,9,12-14H2,1-3H3,(H,22,24). The van der Waals surface area contributed by atoms with E-state index in [1.54, 1.807) is 12.1 Å². The molecule has 0 saturated heterocycles. The molecule has 0 aliphatic carbocycles. The van der Waals surface area contributed by atoms with Gasteiger partial charge < -0.3 is 15.2 Å². The van der Waals surface area contributed by atoms with Crippen molar-refractivity contribution in [3.8, 4) is 5.75 Å². The molecule has 2 N–H and O–H groups in total. The molecule has 0 bridgehead atoms. The van der Waals surface area contributed by atoms with Crippen LogP contribution in [-0.4, -0.2) is 24.2 Å². The average Bonchev–Trinajstić information content (AvgIpc) is 2.58. The van der Waals surface area contributed by atoms with E-state index in [9.17, 15) is 4.79 Å². The summed E-state index contributed by atoms with van der Waals surface area (Å²) in [7, 11) is 0. The van der Waals surface area contributed by atoms with Crippen molar-refractivity contribution in [1.82, 2.24) is 0 Å². The molecule has 2 aromatic rings. The molecule has 1 amide bonds. The largest absolute Gasteiger partial charge is 0.491 e. The van der Waals surface area contributed by atoms with Gasteiger partial charge in [0.05, 0.1) is 6.61 Å². The number of aliphatic hydroxyl groups is 1. The molecule has 0 heterocycles. The van der Waals surface area contributed by atoms with Gasteiger partial charge in [-0.05, 0) is 35.1 Å². The van der Waals surface area contributed by atoms with Crippen molar-refractivity contribution in [1.29, 1.82) is 0 Å². The maximum Gasteiger partial charge on any atom is 0.224 e. The van der Waals surface area contributed by atoms with Crippen LogP contribution in [0.5, 0.6) is 5.75 Å². The lowest BCUT2D eigenvalue weighted by atomic mass is 9.86. The van der Waals surface area contributed by atoms with Crippen molar-refractivity contribution < 1.29 is 14.6 Å². The second kappa shape index (κ2) is 8.67. The van der Waals surface area contributed by atoms with E-state index in [0.29, 0.717) is 24.3 Å². The van der Waals surface area contributed by atoms with Crippen molar-refractivity contribution in [2.75, 3.05) is 18.5 Å². The molecular formula is C21H27NO3. The summed E-state index contributed by atoms with van der Waals surface area (Å²) in [6, 6.07) is 15.6. The molecule has 134 valence electrons. The summed E-state index contributed by atoms with van der Waals surface area (Å²) in [5, 5.41) is 11.7. The molecule has 0 aromatic heterocycles. The predicted octanol–water partition coefficient (Wildman–Crippen LogP) is 3.93. The van der Waals surface area contributed by atoms with Crippen LogP contribution < -0.4 is 10.1 Å². The van der Waals surface area contributed by atoms with Crippen molar-refractivity contribution >= 4 is 11.6 Å². The number of nitrogens with one attached hydrogen (secondary N) is 1. The number of anilines is 1. The molecule has 0 radical (unpaired) electrons. The minimum absolute atomic E-state index is 0.0285. The highest BCUT2D eigenvalue weighted by Gasteiger charge is 2.13. The van der Waals surface area contributed by atoms with E-state index in [0.717, 1.165) is 5.56 Å². The molecule has 0 atom stereocenters. The molecule has 0 fully saturated rings. The third kappa shape index (κ3) is 6.24. The molecule has 2 aromatic carbocycles. The molecule has 0 aliphatic heterocycles. The van der Waals surface area contributed by atoms with Crippen molar-refractivity contribution in [2.24, 2.45) is 0 Å². The number of hydrogen-bond acceptors (Lipinski definition) is 3. The highest BCUT2D eigenvalue weighted by atomic mass is 16.5. The first-order valence-corrected chi connectivity index (χ1v) is 8.61. The Kier molecular flexibility index (Phi) is 6.59. The van der Waals surface area contributed by atoms with Gasteiger partial charge in [0.25, 0.3) is 0 Å². The number of hydrogen-bond donors (Lipinski definition) is 2. The van der Waals surface area contributed by atoms with Crippen molar-refractivity contribution in [2.45, 2.75) is 39.0 Å². The third-order valence-electron chi connectivity index (χ3n) is 3.94. The fourth-order valence-electron chi connectivity index (χ4n) is 2.48. The van der Waals surface area contributed by atoms with Gasteiger partial charge in [0, 0.05) is 18.2 Å². The van der Waals surface area contributed by atoms with Crippen LogP contribution in [-0.2, 0) is 16.6 Å². The molecule has 0 saturated carbocycles. The number of rotatable bonds is 7. The zero-order valence-corrected chi connectivity index (χ0v) is 15.2. The Balaban J connectivity index is 1.86. The highest BCUT2D eigenvalue weighted by molar-refractivity contribution is 5.91. The summed E-state index contributed by atoms with van der Waals surface area (Å²) in [5.74, 6) is 0.601. The average molecular weight is 341 g/mol. The minimum Gasteiger partial charge on any atom is -0.491 e. The molecular weight excluding hydrogens is 314 g/mol. The van der Waals surface area contributed by atoms with Crippen LogP contribution >= 0.6 is 0 Å². The SMILES string of the molecule is CC(C)(C)c1ccc(CCC(=O)Nc2cccc(OCCO)c2)cc1. The molecule has 25 heavy (non-hydrogen) atoms. The second-order valence-corrected chi connectivity index (χ2v) is 7.09. The molecule has 0 aliphatic rings. The van der Waals surface area contributed by atoms with Crippen LogP contribution in [0.2, 0.25) is 0 Å². The third-order valence-corrected chi connectivity index (χ3v) is 3.94. The number of carbonyl (C=O) groups is 1. The van der Waals surface area contributed by atoms with Gasteiger partial charge in [0.15, 0.2) is 0 Å². The van der Waals surface area contributed by atoms with Crippen LogP contribution in [0.3, 0.4) is 0 Å². The van der Waals surface area contributed by atoms with Crippen LogP contribution in [0, 0.1) is 0 Å². The lowest BCUT2D eigenvalue weighted by Crippen LogP contribution is -2.13. The van der Waals surface area contributed by atoms with Gasteiger partial charge in [0.1, 0.15) is 12.4 Å². The lowest BCUT2D eigenvalue weighted by Gasteiger charge is -2.19. The number of carbonyl (C=O) groups excluding carboxylic acids is 1. The zero-order chi connectivity index (χ0) is 18.3. The number of amides is 1. The topological polar surface area (TPSA) is 58.6 Å². The second-order valence-electron chi connectivity index (χ2n) is 7.09. The molecule has 2 rings (SSSR count). The van der Waals surface area contributed by atoms with Gasteiger partial charge in [-0.3, -0.25) is 4.79 Å². The monoisotopic (exact) mass is 341 g/mol. The number of ether oxygens (including phenoxy) is 1. The summed E-state index contributed by atoms with van der Waals surface area (Å²) < 4.78 is 5.34. The Labute approximate surface area is 149 Å². The van der Waals surface area contributed by atoms with Gasteiger partial charge in [-0.1, -0.05) is 51.1 Å². The zero-order valence-electron chi connectivity index (χ0n) is 15.2. The van der Waals surface area contributed by atoms with Gasteiger partial charge in [-0.2, -0.15) is 0 Å². The number of aryl methyl sites for hydroxylation is 1. The minimum atomic E-state index is -0.0371. The van der Waals surface area contributed by atoms with Crippen LogP contribution in [0.4, 0.5) is 5.69 Å². The van der Waals surface area contributed by atoms with Crippen LogP contribution in [0.15, 0.2) is 48.5 Å². The lowest BCUT2D eigenvalue weighted by molar-refractivity contribution is -0.116. The quantitative estimate of drug-likeness (QED) is 0.802. The molecule has 4 heteroatoms. The predicted molar refractivity (Wildman–Crippen MR) is 101 cm³/mol. The Morgan fingerprint density at radius 2 is 1.84 bits per heavy atom. The van der Waals surface area contributed by atoms with E-state index in [2.05, 4.69) is 50.4 Å². The Morgan fingerprint density at radius 1 is 1.12 bits per heavy atom. The summed E-state index contributed by atoms with van der Waals surface area (Å²) in [6.45, 7) is 6.77. The van der Waals surface area contributed by atoms with E-state index in [1.807, 2.05) is 12.1 Å². The van der Waals surface area contributed by atoms with E-state index in [1.165, 1.54) is 5.56 Å². The Hall–Kier alpha value is -2.33. The summed E-state index contributed by atoms with van der Waals surface area (Å²) in [6.07, 6.45) is 1.13. The van der Waals surface area contributed by atoms with Crippen molar-refractivity contribution in [3.63, 3.8) is 0 Å². The van der Waals surface area contributed by atoms with Crippen LogP contribution in [0.25, 0.3) is 0 Å². The van der Waals surface area contributed by atoms with E-state index in [-0.39, 0.29) is 24.5 Å². The maximum atomic E-state index is 12.1. The molecule has 4 nitrogen and oxygen atoms in total. The first-order valence-electron chi connectivity index (χ1n) is 8.61. The van der Waals surface area contributed by atoms with Crippen molar-refractivity contribution in [3.05, 3.63) is 59.7 Å². The molecule has 0 unspecified atom stereocenters. The fourth-order valence-corrected chi connectivity index (χ4v) is 2.48. The van der Waals surface area contributed by atoms with Gasteiger partial charge >= 0.3 is 0 Å². The summed E-state index contributed by atoms with van der Waals surface area (Å²) in [5.41, 5.74) is 3.28. The fraction of sp³-hybridized carbons (Fsp3) is 0.381. The van der Waals surface area contributed by atoms with Crippen LogP contribution in [0.1, 0.15) is 38.3 Å². The van der Waals surface area contributed by atoms with Gasteiger partial charge in [-0.15, -0.1) is 0 Å². The number of benzene rings is 2. The normalized spacial score (nSPS) is 11.2. The van der Waals surface area contributed by atoms with E-state index in [4.69, 9.17) is 9.84 Å². The highest BCUT2D eigenvalue weighted by Crippen LogP contribution is 2.22. The van der Waals surface area contributed by atoms with E-state index < -0.39 is 0 Å².